The molecular formula is C18H24N2O3S. The molecule has 0 spiro atoms. The molecule has 1 atom stereocenters. The van der Waals surface area contributed by atoms with Gasteiger partial charge in [0.1, 0.15) is 17.0 Å². The summed E-state index contributed by atoms with van der Waals surface area (Å²) in [5, 5.41) is 0.629. The van der Waals surface area contributed by atoms with E-state index in [9.17, 15) is 9.59 Å². The molecule has 0 aromatic carbocycles. The lowest BCUT2D eigenvalue weighted by Crippen LogP contribution is -2.33. The lowest BCUT2D eigenvalue weighted by atomic mass is 9.98. The van der Waals surface area contributed by atoms with Gasteiger partial charge in [-0.15, -0.1) is 11.3 Å². The smallest absolute Gasteiger partial charge is 0.329 e. The van der Waals surface area contributed by atoms with E-state index < -0.39 is 6.04 Å². The molecule has 0 N–H and O–H groups in total. The highest BCUT2D eigenvalue weighted by Crippen LogP contribution is 2.27. The Morgan fingerprint density at radius 2 is 2.08 bits per heavy atom. The highest BCUT2D eigenvalue weighted by atomic mass is 32.1. The first-order valence-corrected chi connectivity index (χ1v) is 9.52. The molecule has 130 valence electrons. The molecule has 1 aliphatic carbocycles. The molecule has 5 nitrogen and oxygen atoms in total. The molecule has 1 fully saturated rings. The van der Waals surface area contributed by atoms with Crippen molar-refractivity contribution in [2.24, 2.45) is 0 Å². The zero-order chi connectivity index (χ0) is 17.3. The number of carbonyl (C=O) groups is 1. The minimum absolute atomic E-state index is 0.00202. The van der Waals surface area contributed by atoms with E-state index in [-0.39, 0.29) is 17.6 Å². The number of fused-ring (bicyclic) bond motifs is 1. The van der Waals surface area contributed by atoms with Gasteiger partial charge in [-0.05, 0) is 51.5 Å². The lowest BCUT2D eigenvalue weighted by molar-refractivity contribution is -0.154. The van der Waals surface area contributed by atoms with Gasteiger partial charge in [0.05, 0.1) is 11.7 Å². The normalized spacial score (nSPS) is 17.1. The molecule has 0 radical (unpaired) electrons. The molecule has 1 unspecified atom stereocenters. The fraction of sp³-hybridized carbons (Fsp3) is 0.611. The van der Waals surface area contributed by atoms with Crippen molar-refractivity contribution in [1.82, 2.24) is 9.55 Å². The van der Waals surface area contributed by atoms with Gasteiger partial charge in [0.2, 0.25) is 0 Å². The van der Waals surface area contributed by atoms with Gasteiger partial charge in [-0.3, -0.25) is 9.36 Å². The van der Waals surface area contributed by atoms with Crippen molar-refractivity contribution < 1.29 is 9.53 Å². The van der Waals surface area contributed by atoms with Crippen LogP contribution >= 0.6 is 11.3 Å². The number of esters is 1. The lowest BCUT2D eigenvalue weighted by Gasteiger charge is -2.25. The number of thiophene rings is 1. The van der Waals surface area contributed by atoms with Crippen LogP contribution in [0.1, 0.15) is 61.9 Å². The van der Waals surface area contributed by atoms with Gasteiger partial charge in [0, 0.05) is 4.88 Å². The molecule has 2 heterocycles. The standard InChI is InChI=1S/C18H24N2O3S/c1-4-14(18(22)23-13-8-6-5-7-9-13)20-10-19-16-15(17(20)21)11(2)12(3)24-16/h10,13-14H,4-9H2,1-3H3. The Balaban J connectivity index is 1.91. The van der Waals surface area contributed by atoms with Crippen LogP contribution < -0.4 is 5.56 Å². The van der Waals surface area contributed by atoms with Crippen molar-refractivity contribution >= 4 is 27.5 Å². The number of hydrogen-bond donors (Lipinski definition) is 0. The van der Waals surface area contributed by atoms with Gasteiger partial charge in [-0.1, -0.05) is 13.3 Å². The monoisotopic (exact) mass is 348 g/mol. The van der Waals surface area contributed by atoms with Crippen molar-refractivity contribution in [3.8, 4) is 0 Å². The summed E-state index contributed by atoms with van der Waals surface area (Å²) in [6, 6.07) is -0.601. The highest BCUT2D eigenvalue weighted by molar-refractivity contribution is 7.18. The Bertz CT molecular complexity index is 802. The third-order valence-electron chi connectivity index (χ3n) is 4.94. The van der Waals surface area contributed by atoms with Crippen LogP contribution in [0.5, 0.6) is 0 Å². The van der Waals surface area contributed by atoms with Crippen molar-refractivity contribution in [1.29, 1.82) is 0 Å². The molecule has 0 bridgehead atoms. The largest absolute Gasteiger partial charge is 0.461 e. The topological polar surface area (TPSA) is 61.2 Å². The fourth-order valence-corrected chi connectivity index (χ4v) is 4.36. The maximum atomic E-state index is 12.9. The minimum atomic E-state index is -0.601. The second-order valence-electron chi connectivity index (χ2n) is 6.54. The maximum Gasteiger partial charge on any atom is 0.329 e. The quantitative estimate of drug-likeness (QED) is 0.786. The van der Waals surface area contributed by atoms with Crippen molar-refractivity contribution in [3.63, 3.8) is 0 Å². The summed E-state index contributed by atoms with van der Waals surface area (Å²) in [5.74, 6) is -0.308. The van der Waals surface area contributed by atoms with E-state index in [2.05, 4.69) is 4.98 Å². The summed E-state index contributed by atoms with van der Waals surface area (Å²) in [4.78, 5) is 31.7. The van der Waals surface area contributed by atoms with Crippen LogP contribution in [-0.4, -0.2) is 21.6 Å². The predicted molar refractivity (Wildman–Crippen MR) is 95.6 cm³/mol. The van der Waals surface area contributed by atoms with E-state index in [1.54, 1.807) is 0 Å². The predicted octanol–water partition coefficient (Wildman–Crippen LogP) is 3.90. The minimum Gasteiger partial charge on any atom is -0.461 e. The van der Waals surface area contributed by atoms with Gasteiger partial charge < -0.3 is 4.74 Å². The Kier molecular flexibility index (Phi) is 5.04. The molecule has 3 rings (SSSR count). The summed E-state index contributed by atoms with van der Waals surface area (Å²) < 4.78 is 7.13. The van der Waals surface area contributed by atoms with Crippen molar-refractivity contribution in [2.75, 3.05) is 0 Å². The summed E-state index contributed by atoms with van der Waals surface area (Å²) in [7, 11) is 0. The molecule has 0 saturated heterocycles. The van der Waals surface area contributed by atoms with Crippen molar-refractivity contribution in [3.05, 3.63) is 27.1 Å². The summed E-state index contributed by atoms with van der Waals surface area (Å²) in [6.07, 6.45) is 7.29. The number of aryl methyl sites for hydroxylation is 2. The number of rotatable bonds is 4. The Morgan fingerprint density at radius 1 is 1.38 bits per heavy atom. The van der Waals surface area contributed by atoms with Gasteiger partial charge in [-0.2, -0.15) is 0 Å². The first kappa shape index (κ1) is 17.1. The van der Waals surface area contributed by atoms with E-state index in [1.807, 2.05) is 20.8 Å². The van der Waals surface area contributed by atoms with E-state index in [0.717, 1.165) is 41.0 Å². The Hall–Kier alpha value is -1.69. The number of carbonyl (C=O) groups excluding carboxylic acids is 1. The second-order valence-corrected chi connectivity index (χ2v) is 7.74. The van der Waals surface area contributed by atoms with Crippen LogP contribution in [-0.2, 0) is 9.53 Å². The molecule has 0 amide bonds. The molecule has 1 aliphatic rings. The van der Waals surface area contributed by atoms with Crippen LogP contribution in [0.2, 0.25) is 0 Å². The van der Waals surface area contributed by atoms with E-state index in [0.29, 0.717) is 11.8 Å². The van der Waals surface area contributed by atoms with Crippen LogP contribution in [0.15, 0.2) is 11.1 Å². The third-order valence-corrected chi connectivity index (χ3v) is 6.06. The van der Waals surface area contributed by atoms with Crippen LogP contribution in [0, 0.1) is 13.8 Å². The average Bonchev–Trinajstić information content (AvgIpc) is 2.86. The number of hydrogen-bond acceptors (Lipinski definition) is 5. The van der Waals surface area contributed by atoms with Gasteiger partial charge in [0.15, 0.2) is 0 Å². The fourth-order valence-electron chi connectivity index (χ4n) is 3.37. The highest BCUT2D eigenvalue weighted by Gasteiger charge is 2.26. The first-order chi connectivity index (χ1) is 11.5. The zero-order valence-corrected chi connectivity index (χ0v) is 15.3. The second kappa shape index (κ2) is 7.05. The van der Waals surface area contributed by atoms with E-state index in [1.165, 1.54) is 28.7 Å². The molecule has 6 heteroatoms. The maximum absolute atomic E-state index is 12.9. The number of aromatic nitrogens is 2. The van der Waals surface area contributed by atoms with Crippen molar-refractivity contribution in [2.45, 2.75) is 71.4 Å². The van der Waals surface area contributed by atoms with Gasteiger partial charge in [-0.25, -0.2) is 9.78 Å². The molecule has 2 aromatic rings. The average molecular weight is 348 g/mol. The summed E-state index contributed by atoms with van der Waals surface area (Å²) in [5.41, 5.74) is 0.812. The zero-order valence-electron chi connectivity index (χ0n) is 14.5. The van der Waals surface area contributed by atoms with Gasteiger partial charge in [0.25, 0.3) is 5.56 Å². The molecule has 0 aliphatic heterocycles. The van der Waals surface area contributed by atoms with E-state index in [4.69, 9.17) is 4.74 Å². The summed E-state index contributed by atoms with van der Waals surface area (Å²) >= 11 is 1.52. The van der Waals surface area contributed by atoms with Crippen LogP contribution in [0.25, 0.3) is 10.2 Å². The molecule has 24 heavy (non-hydrogen) atoms. The number of nitrogens with zero attached hydrogens (tertiary/aromatic N) is 2. The summed E-state index contributed by atoms with van der Waals surface area (Å²) in [6.45, 7) is 5.82. The van der Waals surface area contributed by atoms with Gasteiger partial charge >= 0.3 is 5.97 Å². The van der Waals surface area contributed by atoms with Crippen LogP contribution in [0.4, 0.5) is 0 Å². The van der Waals surface area contributed by atoms with Crippen LogP contribution in [0.3, 0.4) is 0 Å². The molecular weight excluding hydrogens is 324 g/mol. The van der Waals surface area contributed by atoms with E-state index >= 15 is 0 Å². The molecule has 1 saturated carbocycles. The SMILES string of the molecule is CCC(C(=O)OC1CCCCC1)n1cnc2sc(C)c(C)c2c1=O. The Morgan fingerprint density at radius 3 is 2.75 bits per heavy atom. The number of ether oxygens (including phenoxy) is 1. The first-order valence-electron chi connectivity index (χ1n) is 8.70. The molecule has 2 aromatic heterocycles. The Labute approximate surface area is 145 Å². The third kappa shape index (κ3) is 3.11.